The highest BCUT2D eigenvalue weighted by atomic mass is 14.9. The van der Waals surface area contributed by atoms with Gasteiger partial charge < -0.3 is 10.6 Å². The third kappa shape index (κ3) is 1.97. The zero-order valence-corrected chi connectivity index (χ0v) is 8.72. The van der Waals surface area contributed by atoms with E-state index in [-0.39, 0.29) is 0 Å². The van der Waals surface area contributed by atoms with Gasteiger partial charge in [-0.05, 0) is 37.1 Å². The summed E-state index contributed by atoms with van der Waals surface area (Å²) in [6.45, 7) is 3.28. The molecule has 0 aromatic heterocycles. The standard InChI is InChI=1S/C12H18N2/c1-13-8-10-4-2-3-5-12(10)11-6-7-14-9-11/h2-5,11,13-14H,6-9H2,1H3. The van der Waals surface area contributed by atoms with Gasteiger partial charge in [0.05, 0.1) is 0 Å². The van der Waals surface area contributed by atoms with Gasteiger partial charge in [-0.1, -0.05) is 24.3 Å². The molecule has 1 atom stereocenters. The van der Waals surface area contributed by atoms with Gasteiger partial charge in [0.2, 0.25) is 0 Å². The smallest absolute Gasteiger partial charge is 0.0205 e. The first-order valence-electron chi connectivity index (χ1n) is 5.35. The van der Waals surface area contributed by atoms with Crippen LogP contribution in [-0.4, -0.2) is 20.1 Å². The molecule has 2 rings (SSSR count). The predicted octanol–water partition coefficient (Wildman–Crippen LogP) is 1.48. The largest absolute Gasteiger partial charge is 0.316 e. The fourth-order valence-corrected chi connectivity index (χ4v) is 2.20. The van der Waals surface area contributed by atoms with Crippen molar-refractivity contribution in [2.75, 3.05) is 20.1 Å². The quantitative estimate of drug-likeness (QED) is 0.754. The Labute approximate surface area is 85.7 Å². The van der Waals surface area contributed by atoms with E-state index in [0.29, 0.717) is 0 Å². The van der Waals surface area contributed by atoms with Crippen LogP contribution < -0.4 is 10.6 Å². The van der Waals surface area contributed by atoms with Crippen LogP contribution >= 0.6 is 0 Å². The van der Waals surface area contributed by atoms with E-state index < -0.39 is 0 Å². The molecule has 0 saturated carbocycles. The monoisotopic (exact) mass is 190 g/mol. The summed E-state index contributed by atoms with van der Waals surface area (Å²) >= 11 is 0. The van der Waals surface area contributed by atoms with Gasteiger partial charge in [-0.3, -0.25) is 0 Å². The molecule has 76 valence electrons. The van der Waals surface area contributed by atoms with Crippen molar-refractivity contribution in [2.24, 2.45) is 0 Å². The van der Waals surface area contributed by atoms with Crippen LogP contribution in [0.25, 0.3) is 0 Å². The number of hydrogen-bond acceptors (Lipinski definition) is 2. The van der Waals surface area contributed by atoms with Crippen LogP contribution in [0.2, 0.25) is 0 Å². The topological polar surface area (TPSA) is 24.1 Å². The molecule has 1 unspecified atom stereocenters. The summed E-state index contributed by atoms with van der Waals surface area (Å²) in [4.78, 5) is 0. The first-order chi connectivity index (χ1) is 6.92. The van der Waals surface area contributed by atoms with Gasteiger partial charge in [-0.15, -0.1) is 0 Å². The van der Waals surface area contributed by atoms with Crippen molar-refractivity contribution in [3.63, 3.8) is 0 Å². The zero-order chi connectivity index (χ0) is 9.80. The highest BCUT2D eigenvalue weighted by molar-refractivity contribution is 5.31. The molecule has 0 spiro atoms. The SMILES string of the molecule is CNCc1ccccc1C1CCNC1. The van der Waals surface area contributed by atoms with Crippen LogP contribution in [0.4, 0.5) is 0 Å². The first kappa shape index (κ1) is 9.69. The fraction of sp³-hybridized carbons (Fsp3) is 0.500. The first-order valence-corrected chi connectivity index (χ1v) is 5.35. The van der Waals surface area contributed by atoms with Crippen LogP contribution in [-0.2, 0) is 6.54 Å². The highest BCUT2D eigenvalue weighted by Gasteiger charge is 2.18. The minimum Gasteiger partial charge on any atom is -0.316 e. The van der Waals surface area contributed by atoms with Crippen molar-refractivity contribution in [1.82, 2.24) is 10.6 Å². The summed E-state index contributed by atoms with van der Waals surface area (Å²) in [7, 11) is 2.00. The third-order valence-electron chi connectivity index (χ3n) is 2.92. The molecule has 1 aliphatic heterocycles. The average molecular weight is 190 g/mol. The molecule has 0 radical (unpaired) electrons. The van der Waals surface area contributed by atoms with E-state index in [9.17, 15) is 0 Å². The van der Waals surface area contributed by atoms with Crippen molar-refractivity contribution in [3.05, 3.63) is 35.4 Å². The van der Waals surface area contributed by atoms with Gasteiger partial charge in [-0.25, -0.2) is 0 Å². The molecule has 1 aromatic rings. The van der Waals surface area contributed by atoms with E-state index in [1.807, 2.05) is 7.05 Å². The molecule has 1 saturated heterocycles. The van der Waals surface area contributed by atoms with Crippen LogP contribution in [0.3, 0.4) is 0 Å². The molecule has 0 aliphatic carbocycles. The van der Waals surface area contributed by atoms with Crippen LogP contribution in [0.15, 0.2) is 24.3 Å². The maximum absolute atomic E-state index is 3.42. The molecule has 2 N–H and O–H groups in total. The number of benzene rings is 1. The Bertz CT molecular complexity index is 290. The lowest BCUT2D eigenvalue weighted by Crippen LogP contribution is -2.12. The van der Waals surface area contributed by atoms with E-state index in [2.05, 4.69) is 34.9 Å². The van der Waals surface area contributed by atoms with E-state index >= 15 is 0 Å². The van der Waals surface area contributed by atoms with Gasteiger partial charge in [0.15, 0.2) is 0 Å². The van der Waals surface area contributed by atoms with Gasteiger partial charge in [-0.2, -0.15) is 0 Å². The predicted molar refractivity (Wildman–Crippen MR) is 59.4 cm³/mol. The second kappa shape index (κ2) is 4.58. The van der Waals surface area contributed by atoms with Crippen LogP contribution in [0.1, 0.15) is 23.5 Å². The van der Waals surface area contributed by atoms with E-state index in [4.69, 9.17) is 0 Å². The van der Waals surface area contributed by atoms with Gasteiger partial charge >= 0.3 is 0 Å². The fourth-order valence-electron chi connectivity index (χ4n) is 2.20. The number of hydrogen-bond donors (Lipinski definition) is 2. The Morgan fingerprint density at radius 3 is 3.00 bits per heavy atom. The summed E-state index contributed by atoms with van der Waals surface area (Å²) in [6.07, 6.45) is 1.28. The Balaban J connectivity index is 2.21. The van der Waals surface area contributed by atoms with Crippen molar-refractivity contribution < 1.29 is 0 Å². The molecule has 1 fully saturated rings. The molecule has 1 aromatic carbocycles. The minimum atomic E-state index is 0.722. The molecule has 2 nitrogen and oxygen atoms in total. The maximum Gasteiger partial charge on any atom is 0.0205 e. The summed E-state index contributed by atoms with van der Waals surface area (Å²) in [5.74, 6) is 0.722. The number of rotatable bonds is 3. The molecular weight excluding hydrogens is 172 g/mol. The molecule has 0 bridgehead atoms. The normalized spacial score (nSPS) is 21.4. The minimum absolute atomic E-state index is 0.722. The van der Waals surface area contributed by atoms with E-state index in [0.717, 1.165) is 19.0 Å². The lowest BCUT2D eigenvalue weighted by molar-refractivity contribution is 0.729. The van der Waals surface area contributed by atoms with Gasteiger partial charge in [0.25, 0.3) is 0 Å². The van der Waals surface area contributed by atoms with Crippen LogP contribution in [0.5, 0.6) is 0 Å². The van der Waals surface area contributed by atoms with Crippen molar-refractivity contribution in [1.29, 1.82) is 0 Å². The Hall–Kier alpha value is -0.860. The summed E-state index contributed by atoms with van der Waals surface area (Å²) in [5, 5.41) is 6.65. The van der Waals surface area contributed by atoms with Crippen molar-refractivity contribution >= 4 is 0 Å². The van der Waals surface area contributed by atoms with Gasteiger partial charge in [0, 0.05) is 13.1 Å². The molecule has 1 aliphatic rings. The Morgan fingerprint density at radius 1 is 1.43 bits per heavy atom. The van der Waals surface area contributed by atoms with Gasteiger partial charge in [0.1, 0.15) is 0 Å². The zero-order valence-electron chi connectivity index (χ0n) is 8.72. The summed E-state index contributed by atoms with van der Waals surface area (Å²) < 4.78 is 0. The van der Waals surface area contributed by atoms with Crippen molar-refractivity contribution in [3.8, 4) is 0 Å². The highest BCUT2D eigenvalue weighted by Crippen LogP contribution is 2.25. The molecule has 0 amide bonds. The van der Waals surface area contributed by atoms with E-state index in [1.165, 1.54) is 24.1 Å². The second-order valence-corrected chi connectivity index (χ2v) is 3.92. The Kier molecular flexibility index (Phi) is 3.17. The summed E-state index contributed by atoms with van der Waals surface area (Å²) in [5.41, 5.74) is 2.97. The average Bonchev–Trinajstić information content (AvgIpc) is 2.72. The lowest BCUT2D eigenvalue weighted by Gasteiger charge is -2.14. The Morgan fingerprint density at radius 2 is 2.29 bits per heavy atom. The molecular formula is C12H18N2. The maximum atomic E-state index is 3.42. The van der Waals surface area contributed by atoms with Crippen molar-refractivity contribution in [2.45, 2.75) is 18.9 Å². The van der Waals surface area contributed by atoms with Crippen LogP contribution in [0, 0.1) is 0 Å². The summed E-state index contributed by atoms with van der Waals surface area (Å²) in [6, 6.07) is 8.76. The molecule has 2 heteroatoms. The third-order valence-corrected chi connectivity index (χ3v) is 2.92. The number of nitrogens with one attached hydrogen (secondary N) is 2. The molecule has 14 heavy (non-hydrogen) atoms. The lowest BCUT2D eigenvalue weighted by atomic mass is 9.93. The second-order valence-electron chi connectivity index (χ2n) is 3.92. The van der Waals surface area contributed by atoms with E-state index in [1.54, 1.807) is 0 Å². The molecule has 1 heterocycles.